The quantitative estimate of drug-likeness (QED) is 0.662. The van der Waals surface area contributed by atoms with Crippen LogP contribution in [0.15, 0.2) is 45.4 Å². The molecule has 0 atom stereocenters. The van der Waals surface area contributed by atoms with E-state index in [1.54, 1.807) is 23.1 Å². The van der Waals surface area contributed by atoms with E-state index < -0.39 is 0 Å². The van der Waals surface area contributed by atoms with Crippen molar-refractivity contribution < 1.29 is 9.21 Å². The molecule has 1 amide bonds. The van der Waals surface area contributed by atoms with Crippen LogP contribution in [0.1, 0.15) is 24.8 Å². The zero-order chi connectivity index (χ0) is 18.1. The van der Waals surface area contributed by atoms with Gasteiger partial charge < -0.3 is 9.73 Å². The van der Waals surface area contributed by atoms with Crippen LogP contribution in [0, 0.1) is 0 Å². The molecule has 26 heavy (non-hydrogen) atoms. The van der Waals surface area contributed by atoms with Gasteiger partial charge in [-0.25, -0.2) is 0 Å². The molecular weight excluding hydrogens is 350 g/mol. The number of likely N-dealkylation sites (tertiary alicyclic amines) is 1. The summed E-state index contributed by atoms with van der Waals surface area (Å²) >= 11 is 5.31. The number of carbonyl (C=O) groups is 1. The molecule has 6 nitrogen and oxygen atoms in total. The lowest BCUT2D eigenvalue weighted by Gasteiger charge is -2.29. The molecule has 4 rings (SSSR count). The van der Waals surface area contributed by atoms with E-state index in [9.17, 15) is 9.59 Å². The van der Waals surface area contributed by atoms with Gasteiger partial charge in [-0.3, -0.25) is 19.4 Å². The van der Waals surface area contributed by atoms with Gasteiger partial charge in [0, 0.05) is 0 Å². The highest BCUT2D eigenvalue weighted by atomic mass is 32.1. The number of benzene rings is 1. The van der Waals surface area contributed by atoms with Gasteiger partial charge in [0.25, 0.3) is 5.91 Å². The number of fused-ring (bicyclic) bond motifs is 1. The zero-order valence-electron chi connectivity index (χ0n) is 14.2. The summed E-state index contributed by atoms with van der Waals surface area (Å²) in [5, 5.41) is 3.79. The average Bonchev–Trinajstić information content (AvgIpc) is 2.92. The van der Waals surface area contributed by atoms with E-state index in [4.69, 9.17) is 16.6 Å². The van der Waals surface area contributed by atoms with Gasteiger partial charge in [-0.05, 0) is 56.4 Å². The molecule has 0 radical (unpaired) electrons. The third kappa shape index (κ3) is 3.15. The normalized spacial score (nSPS) is 20.2. The number of nitrogens with one attached hydrogen (secondary N) is 1. The minimum absolute atomic E-state index is 0.172. The number of hydrogen-bond donors (Lipinski definition) is 1. The molecule has 2 aromatic rings. The van der Waals surface area contributed by atoms with Crippen molar-refractivity contribution >= 4 is 40.3 Å². The predicted molar refractivity (Wildman–Crippen MR) is 103 cm³/mol. The van der Waals surface area contributed by atoms with E-state index in [2.05, 4.69) is 10.2 Å². The van der Waals surface area contributed by atoms with Crippen LogP contribution < -0.4 is 10.7 Å². The van der Waals surface area contributed by atoms with E-state index in [0.717, 1.165) is 25.9 Å². The van der Waals surface area contributed by atoms with Crippen molar-refractivity contribution in [1.82, 2.24) is 15.1 Å². The maximum Gasteiger partial charge on any atom is 0.277 e. The van der Waals surface area contributed by atoms with Gasteiger partial charge >= 0.3 is 0 Å². The molecule has 2 aliphatic heterocycles. The van der Waals surface area contributed by atoms with E-state index in [-0.39, 0.29) is 11.3 Å². The van der Waals surface area contributed by atoms with Crippen LogP contribution in [0.25, 0.3) is 17.0 Å². The van der Waals surface area contributed by atoms with Gasteiger partial charge in [0.2, 0.25) is 0 Å². The second-order valence-corrected chi connectivity index (χ2v) is 6.94. The fourth-order valence-corrected chi connectivity index (χ4v) is 3.60. The summed E-state index contributed by atoms with van der Waals surface area (Å²) in [4.78, 5) is 29.1. The average molecular weight is 369 g/mol. The van der Waals surface area contributed by atoms with Gasteiger partial charge in [-0.1, -0.05) is 18.6 Å². The minimum Gasteiger partial charge on any atom is -0.463 e. The van der Waals surface area contributed by atoms with Gasteiger partial charge in [0.1, 0.15) is 17.5 Å². The van der Waals surface area contributed by atoms with Crippen LogP contribution in [0.2, 0.25) is 0 Å². The van der Waals surface area contributed by atoms with Crippen molar-refractivity contribution in [3.8, 4) is 0 Å². The molecule has 0 saturated carbocycles. The van der Waals surface area contributed by atoms with Gasteiger partial charge in [0.15, 0.2) is 10.5 Å². The molecule has 0 spiro atoms. The molecule has 1 aromatic carbocycles. The smallest absolute Gasteiger partial charge is 0.277 e. The molecule has 1 N–H and O–H groups in total. The Morgan fingerprint density at radius 3 is 2.73 bits per heavy atom. The fourth-order valence-electron chi connectivity index (χ4n) is 3.35. The van der Waals surface area contributed by atoms with E-state index in [1.807, 2.05) is 6.07 Å². The Hall–Kier alpha value is -2.51. The Balaban J connectivity index is 1.60. The zero-order valence-corrected chi connectivity index (χ0v) is 15.1. The van der Waals surface area contributed by atoms with Gasteiger partial charge in [0.05, 0.1) is 17.6 Å². The predicted octanol–water partition coefficient (Wildman–Crippen LogP) is 2.29. The van der Waals surface area contributed by atoms with E-state index in [1.165, 1.54) is 18.8 Å². The molecule has 7 heteroatoms. The van der Waals surface area contributed by atoms with Crippen LogP contribution >= 0.6 is 12.2 Å². The summed E-state index contributed by atoms with van der Waals surface area (Å²) < 4.78 is 5.51. The third-order valence-corrected chi connectivity index (χ3v) is 5.08. The number of piperidine rings is 1. The Bertz CT molecular complexity index is 960. The first-order valence-electron chi connectivity index (χ1n) is 8.71. The lowest BCUT2D eigenvalue weighted by atomic mass is 10.1. The Labute approximate surface area is 156 Å². The summed E-state index contributed by atoms with van der Waals surface area (Å²) in [6.07, 6.45) is 6.41. The summed E-state index contributed by atoms with van der Waals surface area (Å²) in [6.45, 7) is 2.42. The number of thiocarbonyl (C=S) groups is 1. The summed E-state index contributed by atoms with van der Waals surface area (Å²) in [5.74, 6) is -0.215. The standard InChI is InChI=1S/C19H19N3O3S/c23-17-13(11-25-16-7-3-2-6-14(16)17)10-15-18(24)22(19(26)20-15)12-21-8-4-1-5-9-21/h2-3,6-7,10-11H,1,4-5,8-9,12H2,(H,20,26)/b15-10-. The first-order valence-corrected chi connectivity index (χ1v) is 9.12. The summed E-state index contributed by atoms with van der Waals surface area (Å²) in [7, 11) is 0. The first kappa shape index (κ1) is 16.9. The van der Waals surface area contributed by atoms with Crippen molar-refractivity contribution in [3.05, 3.63) is 52.0 Å². The highest BCUT2D eigenvalue weighted by Gasteiger charge is 2.32. The molecular formula is C19H19N3O3S. The van der Waals surface area contributed by atoms with Crippen LogP contribution in [0.5, 0.6) is 0 Å². The highest BCUT2D eigenvalue weighted by molar-refractivity contribution is 7.80. The number of hydrogen-bond acceptors (Lipinski definition) is 5. The van der Waals surface area contributed by atoms with Gasteiger partial charge in [-0.2, -0.15) is 0 Å². The van der Waals surface area contributed by atoms with E-state index >= 15 is 0 Å². The molecule has 2 fully saturated rings. The number of amides is 1. The van der Waals surface area contributed by atoms with Crippen LogP contribution in [0.3, 0.4) is 0 Å². The molecule has 0 bridgehead atoms. The van der Waals surface area contributed by atoms with Crippen molar-refractivity contribution in [3.63, 3.8) is 0 Å². The second-order valence-electron chi connectivity index (χ2n) is 6.56. The van der Waals surface area contributed by atoms with Crippen molar-refractivity contribution in [2.45, 2.75) is 19.3 Å². The molecule has 0 aliphatic carbocycles. The molecule has 3 heterocycles. The summed E-state index contributed by atoms with van der Waals surface area (Å²) in [6, 6.07) is 7.04. The third-order valence-electron chi connectivity index (χ3n) is 4.76. The first-order chi connectivity index (χ1) is 12.6. The molecule has 2 aliphatic rings. The monoisotopic (exact) mass is 369 g/mol. The molecule has 1 aromatic heterocycles. The second kappa shape index (κ2) is 7.01. The van der Waals surface area contributed by atoms with Gasteiger partial charge in [-0.15, -0.1) is 0 Å². The van der Waals surface area contributed by atoms with Crippen molar-refractivity contribution in [2.24, 2.45) is 0 Å². The Kier molecular flexibility index (Phi) is 4.57. The van der Waals surface area contributed by atoms with Crippen molar-refractivity contribution in [1.29, 1.82) is 0 Å². The van der Waals surface area contributed by atoms with Crippen LogP contribution in [-0.2, 0) is 4.79 Å². The topological polar surface area (TPSA) is 65.8 Å². The maximum atomic E-state index is 12.7. The number of para-hydroxylation sites is 1. The van der Waals surface area contributed by atoms with Crippen LogP contribution in [-0.4, -0.2) is 40.6 Å². The number of rotatable bonds is 3. The largest absolute Gasteiger partial charge is 0.463 e. The van der Waals surface area contributed by atoms with E-state index in [0.29, 0.717) is 34.0 Å². The number of carbonyl (C=O) groups excluding carboxylic acids is 1. The minimum atomic E-state index is -0.215. The SMILES string of the molecule is O=C1/C(=C/c2coc3ccccc3c2=O)NC(=S)N1CN1CCCCC1. The molecule has 134 valence electrons. The lowest BCUT2D eigenvalue weighted by Crippen LogP contribution is -2.43. The molecule has 0 unspecified atom stereocenters. The fraction of sp³-hybridized carbons (Fsp3) is 0.316. The Morgan fingerprint density at radius 1 is 1.15 bits per heavy atom. The summed E-state index contributed by atoms with van der Waals surface area (Å²) in [5.41, 5.74) is 0.971. The maximum absolute atomic E-state index is 12.7. The Morgan fingerprint density at radius 2 is 1.92 bits per heavy atom. The van der Waals surface area contributed by atoms with Crippen LogP contribution in [0.4, 0.5) is 0 Å². The van der Waals surface area contributed by atoms with Crippen molar-refractivity contribution in [2.75, 3.05) is 19.8 Å². The lowest BCUT2D eigenvalue weighted by molar-refractivity contribution is -0.123. The highest BCUT2D eigenvalue weighted by Crippen LogP contribution is 2.17. The number of nitrogens with zero attached hydrogens (tertiary/aromatic N) is 2. The molecule has 2 saturated heterocycles.